The van der Waals surface area contributed by atoms with Gasteiger partial charge in [0.1, 0.15) is 5.92 Å². The van der Waals surface area contributed by atoms with Crippen LogP contribution in [0.2, 0.25) is 0 Å². The fraction of sp³-hybridized carbons (Fsp3) is 0.833. The minimum absolute atomic E-state index is 0.00782. The van der Waals surface area contributed by atoms with Crippen LogP contribution < -0.4 is 5.32 Å². The largest absolute Gasteiger partial charge is 0.481 e. The molecule has 0 heterocycles. The molecule has 1 aliphatic carbocycles. The van der Waals surface area contributed by atoms with Crippen molar-refractivity contribution in [3.05, 3.63) is 0 Å². The SMILES string of the molecule is CC(C(=O)O)C(=O)NCC1(N(C)C)CCCC1. The van der Waals surface area contributed by atoms with Gasteiger partial charge in [0.15, 0.2) is 0 Å². The fourth-order valence-corrected chi connectivity index (χ4v) is 2.33. The topological polar surface area (TPSA) is 69.6 Å². The molecule has 0 aliphatic heterocycles. The lowest BCUT2D eigenvalue weighted by Crippen LogP contribution is -2.52. The molecule has 0 aromatic carbocycles. The molecule has 1 aliphatic rings. The van der Waals surface area contributed by atoms with Gasteiger partial charge in [0.25, 0.3) is 0 Å². The van der Waals surface area contributed by atoms with Crippen molar-refractivity contribution in [2.24, 2.45) is 5.92 Å². The van der Waals surface area contributed by atoms with Crippen molar-refractivity contribution in [2.45, 2.75) is 38.1 Å². The number of hydrogen-bond acceptors (Lipinski definition) is 3. The van der Waals surface area contributed by atoms with Gasteiger partial charge in [-0.15, -0.1) is 0 Å². The molecule has 1 saturated carbocycles. The Morgan fingerprint density at radius 2 is 1.88 bits per heavy atom. The van der Waals surface area contributed by atoms with E-state index in [4.69, 9.17) is 5.11 Å². The lowest BCUT2D eigenvalue weighted by atomic mass is 9.95. The van der Waals surface area contributed by atoms with Gasteiger partial charge in [0.2, 0.25) is 5.91 Å². The van der Waals surface area contributed by atoms with Gasteiger partial charge in [-0.1, -0.05) is 12.8 Å². The molecule has 0 aromatic heterocycles. The number of amides is 1. The third-order valence-corrected chi connectivity index (χ3v) is 3.84. The summed E-state index contributed by atoms with van der Waals surface area (Å²) in [5, 5.41) is 11.5. The number of rotatable bonds is 5. The van der Waals surface area contributed by atoms with Crippen LogP contribution in [-0.2, 0) is 9.59 Å². The molecule has 98 valence electrons. The van der Waals surface area contributed by atoms with Gasteiger partial charge in [0.05, 0.1) is 0 Å². The Morgan fingerprint density at radius 3 is 2.29 bits per heavy atom. The highest BCUT2D eigenvalue weighted by Crippen LogP contribution is 2.33. The van der Waals surface area contributed by atoms with E-state index >= 15 is 0 Å². The molecule has 1 atom stereocenters. The Bertz CT molecular complexity index is 296. The summed E-state index contributed by atoms with van der Waals surface area (Å²) in [6.07, 6.45) is 4.45. The van der Waals surface area contributed by atoms with E-state index in [1.807, 2.05) is 14.1 Å². The molecule has 5 nitrogen and oxygen atoms in total. The zero-order chi connectivity index (χ0) is 13.1. The summed E-state index contributed by atoms with van der Waals surface area (Å²) in [6.45, 7) is 1.95. The van der Waals surface area contributed by atoms with Crippen molar-refractivity contribution in [2.75, 3.05) is 20.6 Å². The van der Waals surface area contributed by atoms with Crippen molar-refractivity contribution >= 4 is 11.9 Å². The first-order valence-electron chi connectivity index (χ1n) is 6.07. The smallest absolute Gasteiger partial charge is 0.315 e. The zero-order valence-corrected chi connectivity index (χ0v) is 10.8. The van der Waals surface area contributed by atoms with E-state index < -0.39 is 17.8 Å². The van der Waals surface area contributed by atoms with Crippen LogP contribution in [0, 0.1) is 5.92 Å². The second kappa shape index (κ2) is 5.49. The highest BCUT2D eigenvalue weighted by atomic mass is 16.4. The highest BCUT2D eigenvalue weighted by molar-refractivity contribution is 5.96. The maximum atomic E-state index is 11.6. The highest BCUT2D eigenvalue weighted by Gasteiger charge is 2.36. The lowest BCUT2D eigenvalue weighted by molar-refractivity contribution is -0.146. The van der Waals surface area contributed by atoms with Crippen LogP contribution in [0.1, 0.15) is 32.6 Å². The van der Waals surface area contributed by atoms with E-state index in [9.17, 15) is 9.59 Å². The molecule has 0 radical (unpaired) electrons. The van der Waals surface area contributed by atoms with E-state index in [-0.39, 0.29) is 5.54 Å². The second-order valence-electron chi connectivity index (χ2n) is 5.10. The Morgan fingerprint density at radius 1 is 1.35 bits per heavy atom. The molecule has 1 amide bonds. The molecule has 5 heteroatoms. The van der Waals surface area contributed by atoms with Gasteiger partial charge in [-0.3, -0.25) is 9.59 Å². The quantitative estimate of drug-likeness (QED) is 0.696. The maximum absolute atomic E-state index is 11.6. The number of aliphatic carboxylic acids is 1. The molecule has 1 fully saturated rings. The van der Waals surface area contributed by atoms with E-state index in [1.54, 1.807) is 0 Å². The molecule has 2 N–H and O–H groups in total. The Hall–Kier alpha value is -1.10. The number of hydrogen-bond donors (Lipinski definition) is 2. The summed E-state index contributed by atoms with van der Waals surface area (Å²) < 4.78 is 0. The van der Waals surface area contributed by atoms with Crippen molar-refractivity contribution in [3.63, 3.8) is 0 Å². The summed E-state index contributed by atoms with van der Waals surface area (Å²) >= 11 is 0. The Kier molecular flexibility index (Phi) is 4.51. The Labute approximate surface area is 102 Å². The standard InChI is InChI=1S/C12H22N2O3/c1-9(11(16)17)10(15)13-8-12(14(2)3)6-4-5-7-12/h9H,4-8H2,1-3H3,(H,13,15)(H,16,17). The molecule has 0 saturated heterocycles. The number of nitrogens with one attached hydrogen (secondary N) is 1. The minimum Gasteiger partial charge on any atom is -0.481 e. The second-order valence-corrected chi connectivity index (χ2v) is 5.10. The normalized spacial score (nSPS) is 20.2. The number of carboxylic acids is 1. The Balaban J connectivity index is 2.53. The van der Waals surface area contributed by atoms with E-state index in [1.165, 1.54) is 19.8 Å². The van der Waals surface area contributed by atoms with Gasteiger partial charge >= 0.3 is 5.97 Å². The molecule has 0 bridgehead atoms. The third kappa shape index (κ3) is 3.19. The van der Waals surface area contributed by atoms with Gasteiger partial charge in [-0.2, -0.15) is 0 Å². The summed E-state index contributed by atoms with van der Waals surface area (Å²) in [4.78, 5) is 24.4. The van der Waals surface area contributed by atoms with Crippen molar-refractivity contribution in [3.8, 4) is 0 Å². The predicted octanol–water partition coefficient (Wildman–Crippen LogP) is 0.698. The van der Waals surface area contributed by atoms with Crippen LogP contribution in [0.4, 0.5) is 0 Å². The first kappa shape index (κ1) is 14.0. The fourth-order valence-electron chi connectivity index (χ4n) is 2.33. The average Bonchev–Trinajstić information content (AvgIpc) is 2.74. The zero-order valence-electron chi connectivity index (χ0n) is 10.8. The van der Waals surface area contributed by atoms with Crippen molar-refractivity contribution in [1.82, 2.24) is 10.2 Å². The molecular formula is C12H22N2O3. The van der Waals surface area contributed by atoms with E-state index in [0.717, 1.165) is 12.8 Å². The average molecular weight is 242 g/mol. The molecular weight excluding hydrogens is 220 g/mol. The minimum atomic E-state index is -1.08. The summed E-state index contributed by atoms with van der Waals surface area (Å²) in [5.41, 5.74) is 0.00782. The number of carbonyl (C=O) groups is 2. The van der Waals surface area contributed by atoms with Crippen molar-refractivity contribution in [1.29, 1.82) is 0 Å². The van der Waals surface area contributed by atoms with Gasteiger partial charge in [-0.05, 0) is 33.9 Å². The van der Waals surface area contributed by atoms with Gasteiger partial charge < -0.3 is 15.3 Å². The first-order valence-corrected chi connectivity index (χ1v) is 6.07. The summed E-state index contributed by atoms with van der Waals surface area (Å²) in [5.74, 6) is -2.45. The van der Waals surface area contributed by atoms with Crippen LogP contribution >= 0.6 is 0 Å². The van der Waals surface area contributed by atoms with E-state index in [0.29, 0.717) is 6.54 Å². The first-order chi connectivity index (χ1) is 7.89. The predicted molar refractivity (Wildman–Crippen MR) is 64.7 cm³/mol. The molecule has 17 heavy (non-hydrogen) atoms. The number of carbonyl (C=O) groups excluding carboxylic acids is 1. The van der Waals surface area contributed by atoms with Crippen LogP contribution in [0.15, 0.2) is 0 Å². The summed E-state index contributed by atoms with van der Waals surface area (Å²) in [7, 11) is 4.02. The van der Waals surface area contributed by atoms with Gasteiger partial charge in [0, 0.05) is 12.1 Å². The number of nitrogens with zero attached hydrogens (tertiary/aromatic N) is 1. The third-order valence-electron chi connectivity index (χ3n) is 3.84. The monoisotopic (exact) mass is 242 g/mol. The van der Waals surface area contributed by atoms with Crippen LogP contribution in [-0.4, -0.2) is 48.1 Å². The molecule has 0 spiro atoms. The number of likely N-dealkylation sites (N-methyl/N-ethyl adjacent to an activating group) is 1. The van der Waals surface area contributed by atoms with Crippen molar-refractivity contribution < 1.29 is 14.7 Å². The molecule has 0 aromatic rings. The van der Waals surface area contributed by atoms with Crippen LogP contribution in [0.5, 0.6) is 0 Å². The molecule has 1 rings (SSSR count). The van der Waals surface area contributed by atoms with Crippen LogP contribution in [0.25, 0.3) is 0 Å². The lowest BCUT2D eigenvalue weighted by Gasteiger charge is -2.36. The maximum Gasteiger partial charge on any atom is 0.315 e. The summed E-state index contributed by atoms with van der Waals surface area (Å²) in [6, 6.07) is 0. The van der Waals surface area contributed by atoms with Crippen LogP contribution in [0.3, 0.4) is 0 Å². The van der Waals surface area contributed by atoms with E-state index in [2.05, 4.69) is 10.2 Å². The molecule has 1 unspecified atom stereocenters. The number of carboxylic acid groups (broad SMARTS) is 1. The van der Waals surface area contributed by atoms with Gasteiger partial charge in [-0.25, -0.2) is 0 Å².